The van der Waals surface area contributed by atoms with E-state index in [-0.39, 0.29) is 0 Å². The number of piperidine rings is 3. The number of rotatable bonds is 0. The first kappa shape index (κ1) is 6.70. The average molecular weight is 163 g/mol. The molecule has 4 rings (SSSR count). The molecule has 0 N–H and O–H groups in total. The van der Waals surface area contributed by atoms with E-state index < -0.39 is 0 Å². The second-order valence-electron chi connectivity index (χ2n) is 4.27. The zero-order valence-electron chi connectivity index (χ0n) is 7.12. The Morgan fingerprint density at radius 2 is 1.83 bits per heavy atom. The van der Waals surface area contributed by atoms with Gasteiger partial charge in [-0.05, 0) is 25.7 Å². The van der Waals surface area contributed by atoms with Gasteiger partial charge in [0.2, 0.25) is 0 Å². The molecule has 0 aromatic rings. The van der Waals surface area contributed by atoms with Crippen molar-refractivity contribution in [2.24, 2.45) is 5.92 Å². The second kappa shape index (κ2) is 1.93. The van der Waals surface area contributed by atoms with Gasteiger partial charge in [-0.25, -0.2) is 0 Å². The van der Waals surface area contributed by atoms with Crippen LogP contribution in [0.5, 0.6) is 0 Å². The summed E-state index contributed by atoms with van der Waals surface area (Å²) in [6, 6.07) is 1.33. The number of hydrogen-bond donors (Lipinski definition) is 0. The highest BCUT2D eigenvalue weighted by Gasteiger charge is 2.49. The highest BCUT2D eigenvalue weighted by Crippen LogP contribution is 2.46. The molecule has 4 heterocycles. The van der Waals surface area contributed by atoms with Crippen LogP contribution in [-0.2, 0) is 4.79 Å². The predicted molar refractivity (Wildman–Crippen MR) is 45.5 cm³/mol. The van der Waals surface area contributed by atoms with E-state index in [1.807, 2.05) is 0 Å². The molecule has 4 aliphatic rings. The molecular formula is C10H13NO. The summed E-state index contributed by atoms with van der Waals surface area (Å²) in [5, 5.41) is 0. The van der Waals surface area contributed by atoms with Gasteiger partial charge in [0.1, 0.15) is 0 Å². The molecule has 4 aliphatic heterocycles. The van der Waals surface area contributed by atoms with Gasteiger partial charge in [0, 0.05) is 18.0 Å². The number of carbonyl (C=O) groups excluding carboxylic acids is 1. The SMILES string of the molecule is C=C1C(=O)C2CC3CCC(C2)N13. The van der Waals surface area contributed by atoms with Gasteiger partial charge in [0.25, 0.3) is 0 Å². The van der Waals surface area contributed by atoms with Crippen molar-refractivity contribution in [1.29, 1.82) is 0 Å². The summed E-state index contributed by atoms with van der Waals surface area (Å²) in [5.41, 5.74) is 0.810. The molecule has 0 spiro atoms. The largest absolute Gasteiger partial charge is 0.363 e. The highest BCUT2D eigenvalue weighted by atomic mass is 16.1. The van der Waals surface area contributed by atoms with Crippen molar-refractivity contribution in [2.75, 3.05) is 0 Å². The van der Waals surface area contributed by atoms with Crippen LogP contribution in [0.3, 0.4) is 0 Å². The molecule has 2 atom stereocenters. The van der Waals surface area contributed by atoms with Crippen LogP contribution in [0.15, 0.2) is 12.3 Å². The summed E-state index contributed by atoms with van der Waals surface area (Å²) in [6.45, 7) is 3.90. The average Bonchev–Trinajstić information content (AvgIpc) is 2.33. The molecule has 64 valence electrons. The van der Waals surface area contributed by atoms with Gasteiger partial charge < -0.3 is 4.90 Å². The van der Waals surface area contributed by atoms with E-state index in [2.05, 4.69) is 11.5 Å². The van der Waals surface area contributed by atoms with Crippen LogP contribution in [-0.4, -0.2) is 22.8 Å². The van der Waals surface area contributed by atoms with E-state index >= 15 is 0 Å². The van der Waals surface area contributed by atoms with Crippen molar-refractivity contribution < 1.29 is 4.79 Å². The predicted octanol–water partition coefficient (Wildman–Crippen LogP) is 1.33. The van der Waals surface area contributed by atoms with E-state index in [9.17, 15) is 4.79 Å². The van der Waals surface area contributed by atoms with Crippen LogP contribution in [0.2, 0.25) is 0 Å². The molecule has 0 saturated carbocycles. The molecule has 12 heavy (non-hydrogen) atoms. The molecule has 0 aromatic carbocycles. The van der Waals surface area contributed by atoms with Crippen LogP contribution in [0, 0.1) is 5.92 Å². The molecule has 4 saturated heterocycles. The van der Waals surface area contributed by atoms with Crippen molar-refractivity contribution in [3.8, 4) is 0 Å². The minimum Gasteiger partial charge on any atom is -0.363 e. The van der Waals surface area contributed by atoms with Crippen molar-refractivity contribution in [3.05, 3.63) is 12.3 Å². The lowest BCUT2D eigenvalue weighted by atomic mass is 9.80. The number of nitrogens with zero attached hydrogens (tertiary/aromatic N) is 1. The third-order valence-electron chi connectivity index (χ3n) is 3.70. The zero-order valence-corrected chi connectivity index (χ0v) is 7.12. The Morgan fingerprint density at radius 1 is 1.25 bits per heavy atom. The Bertz CT molecular complexity index is 257. The molecule has 4 bridgehead atoms. The van der Waals surface area contributed by atoms with E-state index in [1.165, 1.54) is 12.8 Å². The van der Waals surface area contributed by atoms with Crippen molar-refractivity contribution in [3.63, 3.8) is 0 Å². The summed E-state index contributed by atoms with van der Waals surface area (Å²) >= 11 is 0. The molecule has 0 aromatic heterocycles. The second-order valence-corrected chi connectivity index (χ2v) is 4.27. The van der Waals surface area contributed by atoms with Crippen molar-refractivity contribution >= 4 is 5.78 Å². The first-order valence-corrected chi connectivity index (χ1v) is 4.79. The van der Waals surface area contributed by atoms with E-state index in [4.69, 9.17) is 0 Å². The maximum absolute atomic E-state index is 11.6. The van der Waals surface area contributed by atoms with Crippen LogP contribution in [0.25, 0.3) is 0 Å². The maximum Gasteiger partial charge on any atom is 0.181 e. The van der Waals surface area contributed by atoms with E-state index in [0.717, 1.165) is 18.5 Å². The van der Waals surface area contributed by atoms with Gasteiger partial charge in [0.05, 0.1) is 5.70 Å². The Balaban J connectivity index is 2.06. The molecule has 0 amide bonds. The Kier molecular flexibility index (Phi) is 1.07. The zero-order chi connectivity index (χ0) is 8.29. The van der Waals surface area contributed by atoms with Crippen molar-refractivity contribution in [2.45, 2.75) is 37.8 Å². The summed E-state index contributed by atoms with van der Waals surface area (Å²) in [7, 11) is 0. The van der Waals surface area contributed by atoms with Crippen LogP contribution in [0.1, 0.15) is 25.7 Å². The van der Waals surface area contributed by atoms with Gasteiger partial charge in [-0.3, -0.25) is 4.79 Å². The fraction of sp³-hybridized carbons (Fsp3) is 0.700. The standard InChI is InChI=1S/C10H13NO/c1-6-10(12)7-4-8-2-3-9(5-7)11(6)8/h7-9H,1-5H2. The number of allylic oxidation sites excluding steroid dienone is 1. The normalized spacial score (nSPS) is 44.3. The van der Waals surface area contributed by atoms with E-state index in [0.29, 0.717) is 23.8 Å². The minimum absolute atomic E-state index is 0.324. The number of Topliss-reactive ketones (excluding diaryl/α,β-unsaturated/α-hetero) is 1. The Morgan fingerprint density at radius 3 is 2.33 bits per heavy atom. The summed E-state index contributed by atoms with van der Waals surface area (Å²) < 4.78 is 0. The summed E-state index contributed by atoms with van der Waals surface area (Å²) in [5.74, 6) is 0.657. The molecule has 2 heteroatoms. The molecule has 0 radical (unpaired) electrons. The smallest absolute Gasteiger partial charge is 0.181 e. The van der Waals surface area contributed by atoms with Crippen molar-refractivity contribution in [1.82, 2.24) is 4.90 Å². The third-order valence-corrected chi connectivity index (χ3v) is 3.70. The summed E-state index contributed by atoms with van der Waals surface area (Å²) in [6.07, 6.45) is 4.78. The van der Waals surface area contributed by atoms with Crippen LogP contribution >= 0.6 is 0 Å². The molecule has 0 aliphatic carbocycles. The monoisotopic (exact) mass is 163 g/mol. The lowest BCUT2D eigenvalue weighted by molar-refractivity contribution is -0.128. The lowest BCUT2D eigenvalue weighted by Gasteiger charge is -2.46. The minimum atomic E-state index is 0.324. The summed E-state index contributed by atoms with van der Waals surface area (Å²) in [4.78, 5) is 13.9. The third kappa shape index (κ3) is 0.598. The number of hydrogen-bond acceptors (Lipinski definition) is 2. The van der Waals surface area contributed by atoms with Gasteiger partial charge in [-0.1, -0.05) is 6.58 Å². The Hall–Kier alpha value is -0.790. The van der Waals surface area contributed by atoms with Crippen LogP contribution in [0.4, 0.5) is 0 Å². The Labute approximate surface area is 72.2 Å². The number of fused-ring (bicyclic) bond motifs is 1. The van der Waals surface area contributed by atoms with Gasteiger partial charge in [-0.15, -0.1) is 0 Å². The van der Waals surface area contributed by atoms with E-state index in [1.54, 1.807) is 0 Å². The number of ketones is 1. The van der Waals surface area contributed by atoms with Gasteiger partial charge in [-0.2, -0.15) is 0 Å². The fourth-order valence-corrected chi connectivity index (χ4v) is 3.19. The maximum atomic E-state index is 11.6. The fourth-order valence-electron chi connectivity index (χ4n) is 3.19. The highest BCUT2D eigenvalue weighted by molar-refractivity contribution is 5.98. The van der Waals surface area contributed by atoms with Gasteiger partial charge >= 0.3 is 0 Å². The molecule has 4 fully saturated rings. The number of carbonyl (C=O) groups is 1. The quantitative estimate of drug-likeness (QED) is 0.502. The molecule has 2 unspecified atom stereocenters. The first-order chi connectivity index (χ1) is 5.77. The van der Waals surface area contributed by atoms with Crippen LogP contribution < -0.4 is 0 Å². The molecule has 2 nitrogen and oxygen atoms in total. The lowest BCUT2D eigenvalue weighted by Crippen LogP contribution is -2.52. The molecular weight excluding hydrogens is 150 g/mol. The van der Waals surface area contributed by atoms with Gasteiger partial charge in [0.15, 0.2) is 5.78 Å². The first-order valence-electron chi connectivity index (χ1n) is 4.79. The topological polar surface area (TPSA) is 20.3 Å².